The van der Waals surface area contributed by atoms with E-state index < -0.39 is 0 Å². The van der Waals surface area contributed by atoms with Crippen molar-refractivity contribution in [2.45, 2.75) is 29.8 Å². The fraction of sp³-hybridized carbons (Fsp3) is 0.846. The molecule has 0 N–H and O–H groups in total. The summed E-state index contributed by atoms with van der Waals surface area (Å²) in [5.41, 5.74) is 0. The SMILES string of the molecule is CN(C)CCn1nnnc1SCCCSc1nnnn1CCN(C)C. The normalized spacial score (nSPS) is 11.8. The van der Waals surface area contributed by atoms with Crippen LogP contribution >= 0.6 is 23.5 Å². The van der Waals surface area contributed by atoms with Crippen molar-refractivity contribution in [2.75, 3.05) is 52.8 Å². The molecular formula is C13H26N10S2. The second-order valence-corrected chi connectivity index (χ2v) is 8.15. The number of likely N-dealkylation sites (N-methyl/N-ethyl adjacent to an activating group) is 2. The molecule has 0 radical (unpaired) electrons. The average molecular weight is 387 g/mol. The zero-order valence-electron chi connectivity index (χ0n) is 15.2. The fourth-order valence-corrected chi connectivity index (χ4v) is 3.72. The molecule has 2 aromatic heterocycles. The summed E-state index contributed by atoms with van der Waals surface area (Å²) in [6.07, 6.45) is 1.04. The summed E-state index contributed by atoms with van der Waals surface area (Å²) in [6.45, 7) is 3.45. The zero-order valence-corrected chi connectivity index (χ0v) is 16.9. The number of thioether (sulfide) groups is 2. The molecule has 2 heterocycles. The summed E-state index contributed by atoms with van der Waals surface area (Å²) < 4.78 is 3.72. The van der Waals surface area contributed by atoms with E-state index >= 15 is 0 Å². The highest BCUT2D eigenvalue weighted by Gasteiger charge is 2.09. The van der Waals surface area contributed by atoms with E-state index in [9.17, 15) is 0 Å². The maximum absolute atomic E-state index is 4.09. The summed E-state index contributed by atoms with van der Waals surface area (Å²) in [7, 11) is 8.17. The monoisotopic (exact) mass is 386 g/mol. The van der Waals surface area contributed by atoms with Gasteiger partial charge in [-0.25, -0.2) is 9.36 Å². The van der Waals surface area contributed by atoms with Crippen LogP contribution in [0.4, 0.5) is 0 Å². The quantitative estimate of drug-likeness (QED) is 0.368. The van der Waals surface area contributed by atoms with Gasteiger partial charge in [-0.2, -0.15) is 0 Å². The van der Waals surface area contributed by atoms with Crippen LogP contribution in [0.15, 0.2) is 10.3 Å². The smallest absolute Gasteiger partial charge is 0.209 e. The van der Waals surface area contributed by atoms with Crippen LogP contribution in [0.25, 0.3) is 0 Å². The van der Waals surface area contributed by atoms with Crippen LogP contribution in [-0.4, -0.2) is 103 Å². The Morgan fingerprint density at radius 3 is 1.60 bits per heavy atom. The molecule has 0 saturated carbocycles. The second-order valence-electron chi connectivity index (χ2n) is 6.03. The van der Waals surface area contributed by atoms with Crippen LogP contribution in [0.2, 0.25) is 0 Å². The number of hydrogen-bond donors (Lipinski definition) is 0. The van der Waals surface area contributed by atoms with E-state index in [-0.39, 0.29) is 0 Å². The first-order chi connectivity index (χ1) is 12.1. The second kappa shape index (κ2) is 10.7. The summed E-state index contributed by atoms with van der Waals surface area (Å²) in [5, 5.41) is 25.6. The van der Waals surface area contributed by atoms with E-state index in [2.05, 4.69) is 40.9 Å². The van der Waals surface area contributed by atoms with E-state index in [1.165, 1.54) is 0 Å². The van der Waals surface area contributed by atoms with Crippen molar-refractivity contribution in [3.8, 4) is 0 Å². The first kappa shape index (κ1) is 20.1. The summed E-state index contributed by atoms with van der Waals surface area (Å²) in [5.74, 6) is 1.93. The van der Waals surface area contributed by atoms with Gasteiger partial charge in [-0.05, 0) is 55.5 Å². The van der Waals surface area contributed by atoms with E-state index in [0.717, 1.165) is 54.4 Å². The molecule has 12 heteroatoms. The molecule has 0 saturated heterocycles. The van der Waals surface area contributed by atoms with Crippen molar-refractivity contribution in [1.29, 1.82) is 0 Å². The molecule has 140 valence electrons. The third kappa shape index (κ3) is 7.26. The number of nitrogens with zero attached hydrogens (tertiary/aromatic N) is 10. The number of rotatable bonds is 12. The van der Waals surface area contributed by atoms with Gasteiger partial charge in [0.2, 0.25) is 10.3 Å². The molecule has 10 nitrogen and oxygen atoms in total. The van der Waals surface area contributed by atoms with Gasteiger partial charge in [0.05, 0.1) is 13.1 Å². The minimum Gasteiger partial charge on any atom is -0.308 e. The first-order valence-electron chi connectivity index (χ1n) is 8.13. The van der Waals surface area contributed by atoms with Crippen molar-refractivity contribution in [2.24, 2.45) is 0 Å². The van der Waals surface area contributed by atoms with Gasteiger partial charge in [0, 0.05) is 24.6 Å². The predicted octanol–water partition coefficient (Wildman–Crippen LogP) is 0.0573. The third-order valence-electron chi connectivity index (χ3n) is 3.27. The van der Waals surface area contributed by atoms with Gasteiger partial charge in [-0.3, -0.25) is 0 Å². The molecule has 25 heavy (non-hydrogen) atoms. The highest BCUT2D eigenvalue weighted by Crippen LogP contribution is 2.19. The molecule has 0 bridgehead atoms. The Balaban J connectivity index is 1.67. The van der Waals surface area contributed by atoms with Crippen molar-refractivity contribution in [3.63, 3.8) is 0 Å². The van der Waals surface area contributed by atoms with Crippen LogP contribution in [-0.2, 0) is 13.1 Å². The lowest BCUT2D eigenvalue weighted by Crippen LogP contribution is -2.19. The zero-order chi connectivity index (χ0) is 18.1. The lowest BCUT2D eigenvalue weighted by Gasteiger charge is -2.10. The Labute approximate surface area is 156 Å². The van der Waals surface area contributed by atoms with Gasteiger partial charge < -0.3 is 9.80 Å². The standard InChI is InChI=1S/C13H26N10S2/c1-20(2)6-8-22-12(14-16-18-22)24-10-5-11-25-13-15-17-19-23(13)9-7-21(3)4/h5-11H2,1-4H3. The Morgan fingerprint density at radius 1 is 0.760 bits per heavy atom. The molecule has 2 rings (SSSR count). The highest BCUT2D eigenvalue weighted by atomic mass is 32.2. The van der Waals surface area contributed by atoms with E-state index in [1.807, 2.05) is 37.6 Å². The Hall–Kier alpha value is -1.24. The van der Waals surface area contributed by atoms with E-state index in [4.69, 9.17) is 0 Å². The molecule has 0 aliphatic rings. The molecule has 0 atom stereocenters. The minimum atomic E-state index is 0.803. The van der Waals surface area contributed by atoms with Crippen LogP contribution in [0, 0.1) is 0 Å². The largest absolute Gasteiger partial charge is 0.308 e. The molecular weight excluding hydrogens is 360 g/mol. The van der Waals surface area contributed by atoms with Gasteiger partial charge in [0.25, 0.3) is 0 Å². The number of tetrazole rings is 2. The maximum Gasteiger partial charge on any atom is 0.209 e. The lowest BCUT2D eigenvalue weighted by molar-refractivity contribution is 0.361. The van der Waals surface area contributed by atoms with Crippen LogP contribution < -0.4 is 0 Å². The highest BCUT2D eigenvalue weighted by molar-refractivity contribution is 8.00. The predicted molar refractivity (Wildman–Crippen MR) is 98.8 cm³/mol. The number of aromatic nitrogens is 8. The molecule has 0 aliphatic carbocycles. The molecule has 0 spiro atoms. The Morgan fingerprint density at radius 2 is 1.20 bits per heavy atom. The van der Waals surface area contributed by atoms with Crippen molar-refractivity contribution in [3.05, 3.63) is 0 Å². The lowest BCUT2D eigenvalue weighted by atomic mass is 10.6. The third-order valence-corrected chi connectivity index (χ3v) is 5.35. The summed E-state index contributed by atoms with van der Waals surface area (Å²) in [4.78, 5) is 4.24. The van der Waals surface area contributed by atoms with Crippen LogP contribution in [0.5, 0.6) is 0 Å². The van der Waals surface area contributed by atoms with Gasteiger partial charge in [-0.15, -0.1) is 10.2 Å². The Bertz CT molecular complexity index is 559. The van der Waals surface area contributed by atoms with E-state index in [0.29, 0.717) is 0 Å². The topological polar surface area (TPSA) is 93.7 Å². The van der Waals surface area contributed by atoms with Crippen molar-refractivity contribution < 1.29 is 0 Å². The van der Waals surface area contributed by atoms with Gasteiger partial charge in [0.15, 0.2) is 0 Å². The Kier molecular flexibility index (Phi) is 8.58. The number of hydrogen-bond acceptors (Lipinski definition) is 10. The molecule has 0 aliphatic heterocycles. The van der Waals surface area contributed by atoms with Crippen LogP contribution in [0.3, 0.4) is 0 Å². The first-order valence-corrected chi connectivity index (χ1v) is 10.1. The minimum absolute atomic E-state index is 0.803. The van der Waals surface area contributed by atoms with Crippen molar-refractivity contribution in [1.82, 2.24) is 50.2 Å². The summed E-state index contributed by atoms with van der Waals surface area (Å²) in [6, 6.07) is 0. The maximum atomic E-state index is 4.09. The van der Waals surface area contributed by atoms with Crippen LogP contribution in [0.1, 0.15) is 6.42 Å². The molecule has 0 aromatic carbocycles. The summed E-state index contributed by atoms with van der Waals surface area (Å²) >= 11 is 3.38. The fourth-order valence-electron chi connectivity index (χ4n) is 1.86. The van der Waals surface area contributed by atoms with E-state index in [1.54, 1.807) is 23.5 Å². The molecule has 0 fully saturated rings. The van der Waals surface area contributed by atoms with Gasteiger partial charge in [-0.1, -0.05) is 23.5 Å². The van der Waals surface area contributed by atoms with Gasteiger partial charge >= 0.3 is 0 Å². The molecule has 2 aromatic rings. The average Bonchev–Trinajstić information content (AvgIpc) is 3.19. The molecule has 0 unspecified atom stereocenters. The molecule has 0 amide bonds. The van der Waals surface area contributed by atoms with Crippen molar-refractivity contribution >= 4 is 23.5 Å². The van der Waals surface area contributed by atoms with Gasteiger partial charge in [0.1, 0.15) is 0 Å².